The Balaban J connectivity index is 1.58. The Morgan fingerprint density at radius 1 is 1.26 bits per heavy atom. The Morgan fingerprint density at radius 3 is 2.83 bits per heavy atom. The molecule has 1 heterocycles. The lowest BCUT2D eigenvalue weighted by Crippen LogP contribution is -2.35. The second kappa shape index (κ2) is 5.15. The molecule has 23 heavy (non-hydrogen) atoms. The minimum Gasteiger partial charge on any atom is -0.497 e. The number of benzene rings is 1. The summed E-state index contributed by atoms with van der Waals surface area (Å²) >= 11 is 0. The van der Waals surface area contributed by atoms with Gasteiger partial charge in [0.25, 0.3) is 0 Å². The highest BCUT2D eigenvalue weighted by Crippen LogP contribution is 2.57. The fraction of sp³-hybridized carbons (Fsp3) is 0.529. The van der Waals surface area contributed by atoms with Gasteiger partial charge in [-0.2, -0.15) is 0 Å². The van der Waals surface area contributed by atoms with Crippen molar-refractivity contribution in [3.8, 4) is 11.5 Å². The van der Waals surface area contributed by atoms with Gasteiger partial charge < -0.3 is 19.5 Å². The molecular formula is C17H19NO5. The first kappa shape index (κ1) is 14.4. The van der Waals surface area contributed by atoms with Crippen molar-refractivity contribution in [3.63, 3.8) is 0 Å². The summed E-state index contributed by atoms with van der Waals surface area (Å²) in [5, 5.41) is 2.91. The van der Waals surface area contributed by atoms with Crippen LogP contribution in [0.25, 0.3) is 0 Å². The molecule has 0 radical (unpaired) electrons. The van der Waals surface area contributed by atoms with E-state index in [0.29, 0.717) is 17.2 Å². The average Bonchev–Trinajstić information content (AvgIpc) is 3.16. The molecule has 3 fully saturated rings. The van der Waals surface area contributed by atoms with Gasteiger partial charge in [-0.15, -0.1) is 0 Å². The number of ether oxygens (including phenoxy) is 3. The van der Waals surface area contributed by atoms with E-state index in [-0.39, 0.29) is 41.7 Å². The van der Waals surface area contributed by atoms with Gasteiger partial charge in [0.2, 0.25) is 5.91 Å². The van der Waals surface area contributed by atoms with E-state index in [1.54, 1.807) is 32.4 Å². The van der Waals surface area contributed by atoms with Crippen molar-refractivity contribution in [2.45, 2.75) is 18.9 Å². The third-order valence-corrected chi connectivity index (χ3v) is 5.45. The lowest BCUT2D eigenvalue weighted by atomic mass is 9.79. The monoisotopic (exact) mass is 317 g/mol. The van der Waals surface area contributed by atoms with Crippen molar-refractivity contribution in [2.75, 3.05) is 19.5 Å². The van der Waals surface area contributed by atoms with Gasteiger partial charge in [0, 0.05) is 12.0 Å². The minimum atomic E-state index is -0.304. The Labute approximate surface area is 134 Å². The first-order valence-electron chi connectivity index (χ1n) is 7.85. The summed E-state index contributed by atoms with van der Waals surface area (Å²) in [4.78, 5) is 24.8. The van der Waals surface area contributed by atoms with Gasteiger partial charge in [-0.3, -0.25) is 9.59 Å². The van der Waals surface area contributed by atoms with Crippen LogP contribution in [0.1, 0.15) is 12.8 Å². The molecule has 4 rings (SSSR count). The molecule has 2 bridgehead atoms. The molecule has 0 unspecified atom stereocenters. The van der Waals surface area contributed by atoms with Gasteiger partial charge in [-0.05, 0) is 30.9 Å². The van der Waals surface area contributed by atoms with Gasteiger partial charge >= 0.3 is 5.97 Å². The van der Waals surface area contributed by atoms with E-state index in [2.05, 4.69) is 5.32 Å². The van der Waals surface area contributed by atoms with Crippen molar-refractivity contribution in [1.82, 2.24) is 0 Å². The van der Waals surface area contributed by atoms with Crippen molar-refractivity contribution < 1.29 is 23.8 Å². The summed E-state index contributed by atoms with van der Waals surface area (Å²) in [5.74, 6) is 0.721. The zero-order chi connectivity index (χ0) is 16.1. The number of hydrogen-bond donors (Lipinski definition) is 1. The van der Waals surface area contributed by atoms with Crippen LogP contribution in [0.15, 0.2) is 18.2 Å². The van der Waals surface area contributed by atoms with Crippen LogP contribution >= 0.6 is 0 Å². The van der Waals surface area contributed by atoms with Crippen LogP contribution in [0.5, 0.6) is 11.5 Å². The summed E-state index contributed by atoms with van der Waals surface area (Å²) in [6, 6.07) is 5.24. The number of methoxy groups -OCH3 is 2. The van der Waals surface area contributed by atoms with Gasteiger partial charge in [0.1, 0.15) is 17.6 Å². The normalized spacial score (nSPS) is 33.5. The smallest absolute Gasteiger partial charge is 0.310 e. The standard InChI is InChI=1S/C17H19NO5/c1-21-9-3-4-12(22-2)11(7-9)18-16(19)14-8-5-10-13(6-8)23-17(20)15(10)14/h3-4,7-8,10,13-15H,5-6H2,1-2H3,(H,18,19)/t8-,10-,13+,14+,15-/m0/s1. The molecular weight excluding hydrogens is 298 g/mol. The zero-order valence-corrected chi connectivity index (χ0v) is 13.1. The molecule has 1 amide bonds. The highest BCUT2D eigenvalue weighted by Gasteiger charge is 2.63. The summed E-state index contributed by atoms with van der Waals surface area (Å²) in [6.07, 6.45) is 1.75. The molecule has 2 aliphatic carbocycles. The molecule has 122 valence electrons. The number of amides is 1. The first-order valence-corrected chi connectivity index (χ1v) is 7.85. The fourth-order valence-corrected chi connectivity index (χ4v) is 4.49. The average molecular weight is 317 g/mol. The van der Waals surface area contributed by atoms with Crippen molar-refractivity contribution in [2.24, 2.45) is 23.7 Å². The minimum absolute atomic E-state index is 0.0351. The van der Waals surface area contributed by atoms with Crippen LogP contribution in [0.3, 0.4) is 0 Å². The predicted octanol–water partition coefficient (Wildman–Crippen LogP) is 1.84. The second-order valence-corrected chi connectivity index (χ2v) is 6.48. The largest absolute Gasteiger partial charge is 0.497 e. The van der Waals surface area contributed by atoms with Gasteiger partial charge in [-0.1, -0.05) is 0 Å². The molecule has 5 atom stereocenters. The Kier molecular flexibility index (Phi) is 3.21. The molecule has 0 spiro atoms. The Hall–Kier alpha value is -2.24. The fourth-order valence-electron chi connectivity index (χ4n) is 4.49. The maximum atomic E-state index is 12.8. The number of rotatable bonds is 4. The van der Waals surface area contributed by atoms with E-state index < -0.39 is 0 Å². The maximum Gasteiger partial charge on any atom is 0.310 e. The van der Waals surface area contributed by atoms with Crippen molar-refractivity contribution in [3.05, 3.63) is 18.2 Å². The van der Waals surface area contributed by atoms with Crippen molar-refractivity contribution in [1.29, 1.82) is 0 Å². The molecule has 3 aliphatic rings. The number of carbonyl (C=O) groups is 2. The third kappa shape index (κ3) is 2.08. The molecule has 6 heteroatoms. The van der Waals surface area contributed by atoms with Crippen LogP contribution in [-0.4, -0.2) is 32.2 Å². The topological polar surface area (TPSA) is 73.9 Å². The number of hydrogen-bond acceptors (Lipinski definition) is 5. The highest BCUT2D eigenvalue weighted by atomic mass is 16.6. The zero-order valence-electron chi connectivity index (χ0n) is 13.1. The van der Waals surface area contributed by atoms with Crippen molar-refractivity contribution >= 4 is 17.6 Å². The molecule has 1 saturated heterocycles. The Bertz CT molecular complexity index is 671. The highest BCUT2D eigenvalue weighted by molar-refractivity contribution is 5.98. The lowest BCUT2D eigenvalue weighted by molar-refractivity contribution is -0.145. The van der Waals surface area contributed by atoms with E-state index in [0.717, 1.165) is 12.8 Å². The second-order valence-electron chi connectivity index (χ2n) is 6.48. The van der Waals surface area contributed by atoms with Crippen LogP contribution in [0.4, 0.5) is 5.69 Å². The number of carbonyl (C=O) groups excluding carboxylic acids is 2. The summed E-state index contributed by atoms with van der Waals surface area (Å²) in [5.41, 5.74) is 0.558. The number of anilines is 1. The van der Waals surface area contributed by atoms with E-state index in [9.17, 15) is 9.59 Å². The lowest BCUT2D eigenvalue weighted by Gasteiger charge is -2.24. The SMILES string of the molecule is COc1ccc(OC)c(NC(=O)[C@@H]2[C@H]3C[C@@H]4[C@@H]2C(=O)O[C@@H]4C3)c1. The van der Waals surface area contributed by atoms with E-state index >= 15 is 0 Å². The summed E-state index contributed by atoms with van der Waals surface area (Å²) in [6.45, 7) is 0. The van der Waals surface area contributed by atoms with Crippen LogP contribution in [0.2, 0.25) is 0 Å². The molecule has 1 aromatic rings. The van der Waals surface area contributed by atoms with E-state index in [4.69, 9.17) is 14.2 Å². The predicted molar refractivity (Wildman–Crippen MR) is 81.2 cm³/mol. The van der Waals surface area contributed by atoms with Crippen LogP contribution < -0.4 is 14.8 Å². The number of esters is 1. The molecule has 1 aromatic carbocycles. The van der Waals surface area contributed by atoms with E-state index in [1.807, 2.05) is 0 Å². The molecule has 1 aliphatic heterocycles. The quantitative estimate of drug-likeness (QED) is 0.858. The van der Waals surface area contributed by atoms with Gasteiger partial charge in [0.05, 0.1) is 31.7 Å². The molecule has 1 N–H and O–H groups in total. The first-order chi connectivity index (χ1) is 11.1. The maximum absolute atomic E-state index is 12.8. The van der Waals surface area contributed by atoms with Crippen LogP contribution in [0, 0.1) is 23.7 Å². The molecule has 6 nitrogen and oxygen atoms in total. The summed E-state index contributed by atoms with van der Waals surface area (Å²) in [7, 11) is 3.12. The third-order valence-electron chi connectivity index (χ3n) is 5.45. The Morgan fingerprint density at radius 2 is 2.09 bits per heavy atom. The van der Waals surface area contributed by atoms with Gasteiger partial charge in [0.15, 0.2) is 0 Å². The van der Waals surface area contributed by atoms with E-state index in [1.165, 1.54) is 0 Å². The summed E-state index contributed by atoms with van der Waals surface area (Å²) < 4.78 is 15.9. The molecule has 0 aromatic heterocycles. The number of nitrogens with one attached hydrogen (secondary N) is 1. The number of fused-ring (bicyclic) bond motifs is 1. The van der Waals surface area contributed by atoms with Gasteiger partial charge in [-0.25, -0.2) is 0 Å². The molecule has 2 saturated carbocycles. The van der Waals surface area contributed by atoms with Crippen LogP contribution in [-0.2, 0) is 14.3 Å².